The maximum atomic E-state index is 11.8. The van der Waals surface area contributed by atoms with Gasteiger partial charge in [0.1, 0.15) is 11.9 Å². The van der Waals surface area contributed by atoms with Crippen LogP contribution in [0.4, 0.5) is 0 Å². The summed E-state index contributed by atoms with van der Waals surface area (Å²) in [4.78, 5) is 11.8. The third-order valence-corrected chi connectivity index (χ3v) is 3.43. The van der Waals surface area contributed by atoms with Crippen molar-refractivity contribution in [2.45, 2.75) is 19.4 Å². The van der Waals surface area contributed by atoms with Crippen molar-refractivity contribution in [3.8, 4) is 5.75 Å². The smallest absolute Gasteiger partial charge is 0.163 e. The van der Waals surface area contributed by atoms with Crippen LogP contribution in [0.15, 0.2) is 36.4 Å². The van der Waals surface area contributed by atoms with Gasteiger partial charge in [-0.25, -0.2) is 0 Å². The molecule has 0 spiro atoms. The van der Waals surface area contributed by atoms with Gasteiger partial charge in [-0.2, -0.15) is 0 Å². The second-order valence-electron chi connectivity index (χ2n) is 4.82. The second-order valence-corrected chi connectivity index (χ2v) is 4.82. The normalized spacial score (nSPS) is 18.7. The van der Waals surface area contributed by atoms with Gasteiger partial charge in [-0.1, -0.05) is 30.3 Å². The number of ether oxygens (including phenoxy) is 2. The lowest BCUT2D eigenvalue weighted by Crippen LogP contribution is -2.17. The first-order chi connectivity index (χ1) is 9.25. The van der Waals surface area contributed by atoms with E-state index in [-0.39, 0.29) is 11.9 Å². The van der Waals surface area contributed by atoms with Gasteiger partial charge in [-0.05, 0) is 18.4 Å². The molecule has 0 aliphatic carbocycles. The van der Waals surface area contributed by atoms with Crippen LogP contribution in [0, 0.1) is 0 Å². The Bertz CT molecular complexity index is 612. The van der Waals surface area contributed by atoms with Gasteiger partial charge in [0.25, 0.3) is 0 Å². The van der Waals surface area contributed by atoms with E-state index in [4.69, 9.17) is 9.47 Å². The molecule has 0 amide bonds. The fraction of sp³-hybridized carbons (Fsp3) is 0.312. The van der Waals surface area contributed by atoms with Crippen molar-refractivity contribution in [2.24, 2.45) is 0 Å². The van der Waals surface area contributed by atoms with Crippen molar-refractivity contribution < 1.29 is 14.3 Å². The fourth-order valence-corrected chi connectivity index (χ4v) is 2.42. The molecule has 1 unspecified atom stereocenters. The number of rotatable bonds is 3. The SMILES string of the molecule is CC(=O)c1ccc2ccccc2c1OC1CCOC1. The third kappa shape index (κ3) is 2.34. The van der Waals surface area contributed by atoms with Gasteiger partial charge < -0.3 is 9.47 Å². The molecule has 98 valence electrons. The molecule has 3 rings (SSSR count). The van der Waals surface area contributed by atoms with Crippen molar-refractivity contribution >= 4 is 16.6 Å². The Hall–Kier alpha value is -1.87. The molecule has 0 bridgehead atoms. The predicted molar refractivity (Wildman–Crippen MR) is 73.8 cm³/mol. The molecule has 1 saturated heterocycles. The molecule has 0 aromatic heterocycles. The molecule has 2 aromatic rings. The van der Waals surface area contributed by atoms with Gasteiger partial charge in [-0.3, -0.25) is 4.79 Å². The lowest BCUT2D eigenvalue weighted by molar-refractivity contribution is 0.100. The van der Waals surface area contributed by atoms with Crippen LogP contribution in [0.25, 0.3) is 10.8 Å². The Kier molecular flexibility index (Phi) is 3.22. The molecule has 1 aliphatic heterocycles. The molecule has 0 saturated carbocycles. The molecule has 3 heteroatoms. The summed E-state index contributed by atoms with van der Waals surface area (Å²) in [5, 5.41) is 2.07. The van der Waals surface area contributed by atoms with Gasteiger partial charge >= 0.3 is 0 Å². The van der Waals surface area contributed by atoms with E-state index in [9.17, 15) is 4.79 Å². The highest BCUT2D eigenvalue weighted by Crippen LogP contribution is 2.32. The van der Waals surface area contributed by atoms with E-state index in [1.807, 2.05) is 36.4 Å². The van der Waals surface area contributed by atoms with Gasteiger partial charge in [-0.15, -0.1) is 0 Å². The van der Waals surface area contributed by atoms with E-state index in [1.165, 1.54) is 0 Å². The van der Waals surface area contributed by atoms with E-state index in [1.54, 1.807) is 6.92 Å². The van der Waals surface area contributed by atoms with Crippen molar-refractivity contribution in [1.82, 2.24) is 0 Å². The Morgan fingerprint density at radius 2 is 2.11 bits per heavy atom. The van der Waals surface area contributed by atoms with Crippen molar-refractivity contribution in [3.63, 3.8) is 0 Å². The summed E-state index contributed by atoms with van der Waals surface area (Å²) in [5.41, 5.74) is 0.644. The van der Waals surface area contributed by atoms with E-state index in [2.05, 4.69) is 0 Å². The summed E-state index contributed by atoms with van der Waals surface area (Å²) in [6, 6.07) is 11.8. The number of carbonyl (C=O) groups is 1. The zero-order valence-corrected chi connectivity index (χ0v) is 10.9. The number of benzene rings is 2. The highest BCUT2D eigenvalue weighted by molar-refractivity contribution is 6.03. The van der Waals surface area contributed by atoms with Crippen LogP contribution in [0.5, 0.6) is 5.75 Å². The molecule has 3 nitrogen and oxygen atoms in total. The van der Waals surface area contributed by atoms with Crippen LogP contribution in [-0.4, -0.2) is 25.1 Å². The average Bonchev–Trinajstić information content (AvgIpc) is 2.92. The molecular weight excluding hydrogens is 240 g/mol. The van der Waals surface area contributed by atoms with E-state index in [0.717, 1.165) is 23.8 Å². The Balaban J connectivity index is 2.10. The predicted octanol–water partition coefficient (Wildman–Crippen LogP) is 3.21. The van der Waals surface area contributed by atoms with Crippen LogP contribution in [-0.2, 0) is 4.74 Å². The minimum atomic E-state index is 0.0275. The van der Waals surface area contributed by atoms with E-state index in [0.29, 0.717) is 17.9 Å². The van der Waals surface area contributed by atoms with Crippen molar-refractivity contribution in [2.75, 3.05) is 13.2 Å². The molecular formula is C16H16O3. The third-order valence-electron chi connectivity index (χ3n) is 3.43. The quantitative estimate of drug-likeness (QED) is 0.791. The number of hydrogen-bond donors (Lipinski definition) is 0. The number of carbonyl (C=O) groups excluding carboxylic acids is 1. The van der Waals surface area contributed by atoms with Gasteiger partial charge in [0, 0.05) is 11.8 Å². The first-order valence-corrected chi connectivity index (χ1v) is 6.53. The standard InChI is InChI=1S/C16H16O3/c1-11(17)14-7-6-12-4-2-3-5-15(12)16(14)19-13-8-9-18-10-13/h2-7,13H,8-10H2,1H3. The lowest BCUT2D eigenvalue weighted by atomic mass is 10.0. The Morgan fingerprint density at radius 3 is 2.84 bits per heavy atom. The summed E-state index contributed by atoms with van der Waals surface area (Å²) in [6.45, 7) is 2.90. The summed E-state index contributed by atoms with van der Waals surface area (Å²) in [6.07, 6.45) is 0.921. The number of Topliss-reactive ketones (excluding diaryl/α,β-unsaturated/α-hetero) is 1. The Labute approximate surface area is 112 Å². The zero-order valence-electron chi connectivity index (χ0n) is 10.9. The number of hydrogen-bond acceptors (Lipinski definition) is 3. The summed E-state index contributed by atoms with van der Waals surface area (Å²) >= 11 is 0. The van der Waals surface area contributed by atoms with Crippen LogP contribution >= 0.6 is 0 Å². The van der Waals surface area contributed by atoms with Gasteiger partial charge in [0.15, 0.2) is 5.78 Å². The van der Waals surface area contributed by atoms with Crippen LogP contribution in [0.3, 0.4) is 0 Å². The fourth-order valence-electron chi connectivity index (χ4n) is 2.42. The van der Waals surface area contributed by atoms with E-state index >= 15 is 0 Å². The first kappa shape index (κ1) is 12.2. The van der Waals surface area contributed by atoms with Crippen LogP contribution < -0.4 is 4.74 Å². The maximum absolute atomic E-state index is 11.8. The van der Waals surface area contributed by atoms with Crippen LogP contribution in [0.2, 0.25) is 0 Å². The monoisotopic (exact) mass is 256 g/mol. The zero-order chi connectivity index (χ0) is 13.2. The molecule has 0 radical (unpaired) electrons. The number of fused-ring (bicyclic) bond motifs is 1. The van der Waals surface area contributed by atoms with Gasteiger partial charge in [0.05, 0.1) is 18.8 Å². The molecule has 1 aliphatic rings. The van der Waals surface area contributed by atoms with Crippen molar-refractivity contribution in [3.05, 3.63) is 42.0 Å². The summed E-state index contributed by atoms with van der Waals surface area (Å²) < 4.78 is 11.4. The second kappa shape index (κ2) is 5.02. The van der Waals surface area contributed by atoms with Crippen LogP contribution in [0.1, 0.15) is 23.7 Å². The van der Waals surface area contributed by atoms with Gasteiger partial charge in [0.2, 0.25) is 0 Å². The van der Waals surface area contributed by atoms with Crippen molar-refractivity contribution in [1.29, 1.82) is 0 Å². The first-order valence-electron chi connectivity index (χ1n) is 6.53. The highest BCUT2D eigenvalue weighted by atomic mass is 16.5. The largest absolute Gasteiger partial charge is 0.487 e. The minimum absolute atomic E-state index is 0.0275. The molecule has 1 heterocycles. The topological polar surface area (TPSA) is 35.5 Å². The Morgan fingerprint density at radius 1 is 1.26 bits per heavy atom. The molecule has 0 N–H and O–H groups in total. The molecule has 2 aromatic carbocycles. The maximum Gasteiger partial charge on any atom is 0.163 e. The molecule has 1 atom stereocenters. The minimum Gasteiger partial charge on any atom is -0.487 e. The average molecular weight is 256 g/mol. The molecule has 19 heavy (non-hydrogen) atoms. The summed E-state index contributed by atoms with van der Waals surface area (Å²) in [5.74, 6) is 0.723. The number of ketones is 1. The lowest BCUT2D eigenvalue weighted by Gasteiger charge is -2.16. The molecule has 1 fully saturated rings. The van der Waals surface area contributed by atoms with E-state index < -0.39 is 0 Å². The summed E-state index contributed by atoms with van der Waals surface area (Å²) in [7, 11) is 0. The highest BCUT2D eigenvalue weighted by Gasteiger charge is 2.21.